The molecule has 0 aliphatic heterocycles. The zero-order chi connectivity index (χ0) is 17.8. The molecular formula is C22H22N4. The molecule has 0 fully saturated rings. The van der Waals surface area contributed by atoms with E-state index < -0.39 is 0 Å². The molecule has 0 amide bonds. The van der Waals surface area contributed by atoms with Crippen LogP contribution in [0.5, 0.6) is 0 Å². The van der Waals surface area contributed by atoms with Crippen molar-refractivity contribution in [3.63, 3.8) is 0 Å². The van der Waals surface area contributed by atoms with Crippen molar-refractivity contribution in [2.75, 3.05) is 6.54 Å². The quantitative estimate of drug-likeness (QED) is 0.522. The highest BCUT2D eigenvalue weighted by molar-refractivity contribution is 5.77. The van der Waals surface area contributed by atoms with Crippen LogP contribution in [-0.4, -0.2) is 21.1 Å². The van der Waals surface area contributed by atoms with Gasteiger partial charge in [0, 0.05) is 30.1 Å². The Kier molecular flexibility index (Phi) is 4.75. The summed E-state index contributed by atoms with van der Waals surface area (Å²) in [6.07, 6.45) is 7.00. The first kappa shape index (κ1) is 16.5. The average Bonchev–Trinajstić information content (AvgIpc) is 3.13. The third-order valence-electron chi connectivity index (χ3n) is 4.48. The van der Waals surface area contributed by atoms with E-state index in [0.717, 1.165) is 47.4 Å². The molecule has 0 bridgehead atoms. The fourth-order valence-corrected chi connectivity index (χ4v) is 3.07. The smallest absolute Gasteiger partial charge is 0.162 e. The maximum Gasteiger partial charge on any atom is 0.162 e. The molecule has 2 aromatic heterocycles. The summed E-state index contributed by atoms with van der Waals surface area (Å²) >= 11 is 0. The van der Waals surface area contributed by atoms with E-state index in [0.29, 0.717) is 0 Å². The highest BCUT2D eigenvalue weighted by atomic mass is 15.2. The molecular weight excluding hydrogens is 320 g/mol. The predicted molar refractivity (Wildman–Crippen MR) is 106 cm³/mol. The van der Waals surface area contributed by atoms with Crippen LogP contribution >= 0.6 is 0 Å². The van der Waals surface area contributed by atoms with Gasteiger partial charge in [-0.3, -0.25) is 0 Å². The van der Waals surface area contributed by atoms with Crippen molar-refractivity contribution < 1.29 is 0 Å². The molecule has 2 aromatic carbocycles. The van der Waals surface area contributed by atoms with Gasteiger partial charge in [0.25, 0.3) is 0 Å². The van der Waals surface area contributed by atoms with Gasteiger partial charge >= 0.3 is 0 Å². The number of hydrogen-bond acceptors (Lipinski definition) is 3. The van der Waals surface area contributed by atoms with Crippen molar-refractivity contribution in [3.8, 4) is 22.3 Å². The van der Waals surface area contributed by atoms with Crippen LogP contribution in [0, 0.1) is 0 Å². The Morgan fingerprint density at radius 2 is 1.69 bits per heavy atom. The Bertz CT molecular complexity index is 988. The van der Waals surface area contributed by atoms with Gasteiger partial charge in [0.1, 0.15) is 0 Å². The van der Waals surface area contributed by atoms with E-state index in [1.807, 2.05) is 41.3 Å². The number of hydrogen-bond donors (Lipinski definition) is 1. The lowest BCUT2D eigenvalue weighted by atomic mass is 10.1. The molecule has 4 rings (SSSR count). The second-order valence-electron chi connectivity index (χ2n) is 6.41. The van der Waals surface area contributed by atoms with Crippen molar-refractivity contribution in [1.82, 2.24) is 19.9 Å². The summed E-state index contributed by atoms with van der Waals surface area (Å²) in [4.78, 5) is 4.67. The van der Waals surface area contributed by atoms with E-state index in [1.54, 1.807) is 0 Å². The van der Waals surface area contributed by atoms with Crippen molar-refractivity contribution in [3.05, 3.63) is 78.8 Å². The Morgan fingerprint density at radius 3 is 2.46 bits per heavy atom. The minimum absolute atomic E-state index is 0.875. The van der Waals surface area contributed by atoms with Crippen LogP contribution in [0.2, 0.25) is 0 Å². The highest BCUT2D eigenvalue weighted by Crippen LogP contribution is 2.25. The van der Waals surface area contributed by atoms with Crippen LogP contribution in [0.15, 0.2) is 73.2 Å². The lowest BCUT2D eigenvalue weighted by molar-refractivity contribution is 0.675. The van der Waals surface area contributed by atoms with Crippen LogP contribution in [0.25, 0.3) is 27.9 Å². The Hall–Kier alpha value is -2.98. The average molecular weight is 342 g/mol. The maximum absolute atomic E-state index is 4.67. The minimum atomic E-state index is 0.875. The largest absolute Gasteiger partial charge is 0.313 e. The Morgan fingerprint density at radius 1 is 0.885 bits per heavy atom. The monoisotopic (exact) mass is 342 g/mol. The lowest BCUT2D eigenvalue weighted by Crippen LogP contribution is -2.13. The first-order chi connectivity index (χ1) is 12.8. The van der Waals surface area contributed by atoms with Crippen molar-refractivity contribution in [2.45, 2.75) is 19.9 Å². The summed E-state index contributed by atoms with van der Waals surface area (Å²) in [5.74, 6) is 0. The fraction of sp³-hybridized carbons (Fsp3) is 0.182. The molecule has 1 N–H and O–H groups in total. The van der Waals surface area contributed by atoms with E-state index in [-0.39, 0.29) is 0 Å². The molecule has 4 heteroatoms. The molecule has 0 unspecified atom stereocenters. The first-order valence-electron chi connectivity index (χ1n) is 9.04. The van der Waals surface area contributed by atoms with Crippen LogP contribution in [0.1, 0.15) is 18.9 Å². The molecule has 26 heavy (non-hydrogen) atoms. The van der Waals surface area contributed by atoms with E-state index in [4.69, 9.17) is 0 Å². The summed E-state index contributed by atoms with van der Waals surface area (Å²) < 4.78 is 1.86. The van der Waals surface area contributed by atoms with Gasteiger partial charge in [-0.25, -0.2) is 9.50 Å². The molecule has 0 aliphatic rings. The standard InChI is InChI=1S/C22H22N4/c1-2-12-23-13-17-8-10-18(11-9-17)20-14-24-22-21(15-25-26(22)16-20)19-6-4-3-5-7-19/h3-11,14-16,23H,2,12-13H2,1H3. The van der Waals surface area contributed by atoms with Gasteiger partial charge in [-0.05, 0) is 29.7 Å². The van der Waals surface area contributed by atoms with Crippen molar-refractivity contribution in [1.29, 1.82) is 0 Å². The number of aromatic nitrogens is 3. The van der Waals surface area contributed by atoms with Gasteiger partial charge in [-0.1, -0.05) is 61.5 Å². The van der Waals surface area contributed by atoms with Crippen LogP contribution in [-0.2, 0) is 6.54 Å². The topological polar surface area (TPSA) is 42.2 Å². The third-order valence-corrected chi connectivity index (χ3v) is 4.48. The molecule has 0 saturated heterocycles. The normalized spacial score (nSPS) is 11.1. The Labute approximate surface area is 153 Å². The van der Waals surface area contributed by atoms with Gasteiger partial charge in [-0.2, -0.15) is 5.10 Å². The van der Waals surface area contributed by atoms with E-state index in [1.165, 1.54) is 5.56 Å². The van der Waals surface area contributed by atoms with Crippen LogP contribution in [0.3, 0.4) is 0 Å². The minimum Gasteiger partial charge on any atom is -0.313 e. The third kappa shape index (κ3) is 3.37. The number of benzene rings is 2. The van der Waals surface area contributed by atoms with Gasteiger partial charge in [-0.15, -0.1) is 0 Å². The zero-order valence-electron chi connectivity index (χ0n) is 14.9. The summed E-state index contributed by atoms with van der Waals surface area (Å²) in [6, 6.07) is 18.9. The lowest BCUT2D eigenvalue weighted by Gasteiger charge is -2.06. The molecule has 0 aliphatic carbocycles. The fourth-order valence-electron chi connectivity index (χ4n) is 3.07. The van der Waals surface area contributed by atoms with Crippen LogP contribution < -0.4 is 5.32 Å². The predicted octanol–water partition coefficient (Wildman–Crippen LogP) is 4.56. The van der Waals surface area contributed by atoms with E-state index in [9.17, 15) is 0 Å². The molecule has 0 spiro atoms. The number of nitrogens with one attached hydrogen (secondary N) is 1. The van der Waals surface area contributed by atoms with E-state index in [2.05, 4.69) is 58.7 Å². The number of nitrogens with zero attached hydrogens (tertiary/aromatic N) is 3. The Balaban J connectivity index is 1.60. The van der Waals surface area contributed by atoms with Gasteiger partial charge < -0.3 is 5.32 Å². The molecule has 4 aromatic rings. The molecule has 2 heterocycles. The number of rotatable bonds is 6. The van der Waals surface area contributed by atoms with E-state index >= 15 is 0 Å². The highest BCUT2D eigenvalue weighted by Gasteiger charge is 2.09. The van der Waals surface area contributed by atoms with Gasteiger partial charge in [0.2, 0.25) is 0 Å². The summed E-state index contributed by atoms with van der Waals surface area (Å²) in [5.41, 5.74) is 6.56. The number of fused-ring (bicyclic) bond motifs is 1. The van der Waals surface area contributed by atoms with Crippen molar-refractivity contribution >= 4 is 5.65 Å². The summed E-state index contributed by atoms with van der Waals surface area (Å²) in [6.45, 7) is 4.13. The molecule has 0 radical (unpaired) electrons. The first-order valence-corrected chi connectivity index (χ1v) is 9.04. The molecule has 130 valence electrons. The maximum atomic E-state index is 4.67. The molecule has 4 nitrogen and oxygen atoms in total. The zero-order valence-corrected chi connectivity index (χ0v) is 14.9. The van der Waals surface area contributed by atoms with Gasteiger partial charge in [0.05, 0.1) is 6.20 Å². The van der Waals surface area contributed by atoms with Crippen LogP contribution in [0.4, 0.5) is 0 Å². The summed E-state index contributed by atoms with van der Waals surface area (Å²) in [5, 5.41) is 7.92. The molecule has 0 atom stereocenters. The van der Waals surface area contributed by atoms with Crippen molar-refractivity contribution in [2.24, 2.45) is 0 Å². The second-order valence-corrected chi connectivity index (χ2v) is 6.41. The van der Waals surface area contributed by atoms with Gasteiger partial charge in [0.15, 0.2) is 5.65 Å². The SMILES string of the molecule is CCCNCc1ccc(-c2cnc3c(-c4ccccc4)cnn3c2)cc1. The molecule has 0 saturated carbocycles. The summed E-state index contributed by atoms with van der Waals surface area (Å²) in [7, 11) is 0. The second kappa shape index (κ2) is 7.50.